The van der Waals surface area contributed by atoms with E-state index in [1.807, 2.05) is 17.9 Å². The summed E-state index contributed by atoms with van der Waals surface area (Å²) in [6, 6.07) is 9.68. The zero-order valence-corrected chi connectivity index (χ0v) is 20.0. The number of aryl methyl sites for hydroxylation is 1. The van der Waals surface area contributed by atoms with Gasteiger partial charge in [0.15, 0.2) is 17.5 Å². The first kappa shape index (κ1) is 21.9. The van der Waals surface area contributed by atoms with E-state index in [2.05, 4.69) is 36.8 Å². The van der Waals surface area contributed by atoms with Gasteiger partial charge < -0.3 is 9.64 Å². The molecule has 0 radical (unpaired) electrons. The lowest BCUT2D eigenvalue weighted by Crippen LogP contribution is -2.35. The van der Waals surface area contributed by atoms with E-state index in [0.29, 0.717) is 11.9 Å². The number of hydrogen-bond donors (Lipinski definition) is 0. The van der Waals surface area contributed by atoms with E-state index in [1.54, 1.807) is 6.07 Å². The Morgan fingerprint density at radius 1 is 1.06 bits per heavy atom. The molecule has 3 aliphatic rings. The lowest BCUT2D eigenvalue weighted by atomic mass is 9.95. The number of anilines is 1. The fourth-order valence-corrected chi connectivity index (χ4v) is 5.68. The number of benzene rings is 1. The number of halogens is 2. The maximum absolute atomic E-state index is 14.4. The summed E-state index contributed by atoms with van der Waals surface area (Å²) < 4.78 is 22.3. The molecule has 1 atom stereocenters. The highest BCUT2D eigenvalue weighted by Gasteiger charge is 2.33. The Bertz CT molecular complexity index is 1200. The van der Waals surface area contributed by atoms with Crippen molar-refractivity contribution in [2.75, 3.05) is 31.2 Å². The smallest absolute Gasteiger partial charge is 0.165 e. The molecule has 6 rings (SSSR count). The van der Waals surface area contributed by atoms with Gasteiger partial charge in [-0.3, -0.25) is 9.47 Å². The molecule has 0 unspecified atom stereocenters. The summed E-state index contributed by atoms with van der Waals surface area (Å²) in [5, 5.41) is 10.1. The first-order chi connectivity index (χ1) is 16.6. The summed E-state index contributed by atoms with van der Waals surface area (Å²) >= 11 is 6.40. The van der Waals surface area contributed by atoms with Crippen LogP contribution in [0.25, 0.3) is 5.69 Å². The number of hydrogen-bond acceptors (Lipinski definition) is 6. The molecule has 2 aromatic heterocycles. The Morgan fingerprint density at radius 2 is 1.91 bits per heavy atom. The molecule has 0 N–H and O–H groups in total. The van der Waals surface area contributed by atoms with Crippen LogP contribution in [0.1, 0.15) is 48.1 Å². The molecule has 34 heavy (non-hydrogen) atoms. The normalized spacial score (nSPS) is 21.4. The summed E-state index contributed by atoms with van der Waals surface area (Å²) in [5.41, 5.74) is 3.12. The van der Waals surface area contributed by atoms with E-state index < -0.39 is 0 Å². The van der Waals surface area contributed by atoms with Gasteiger partial charge in [-0.15, -0.1) is 10.2 Å². The summed E-state index contributed by atoms with van der Waals surface area (Å²) in [7, 11) is 0. The van der Waals surface area contributed by atoms with E-state index >= 15 is 0 Å². The zero-order valence-electron chi connectivity index (χ0n) is 19.3. The van der Waals surface area contributed by atoms with E-state index in [0.717, 1.165) is 86.7 Å². The SMILES string of the molecule is Cc1ccc(F)c(N2CCC(c3nnc4n3-c3ccc(Cl)cc3CN([C@H]3CCOC3)C4)CC2)n1. The minimum atomic E-state index is -0.262. The minimum absolute atomic E-state index is 0.246. The molecule has 0 bridgehead atoms. The Morgan fingerprint density at radius 3 is 2.71 bits per heavy atom. The second-order valence-electron chi connectivity index (χ2n) is 9.52. The average molecular weight is 483 g/mol. The van der Waals surface area contributed by atoms with Gasteiger partial charge in [-0.1, -0.05) is 11.6 Å². The quantitative estimate of drug-likeness (QED) is 0.556. The molecule has 0 amide bonds. The molecular formula is C25H28ClFN6O. The van der Waals surface area contributed by atoms with Gasteiger partial charge in [-0.25, -0.2) is 9.37 Å². The number of aromatic nitrogens is 4. The van der Waals surface area contributed by atoms with Crippen LogP contribution in [0.5, 0.6) is 0 Å². The fourth-order valence-electron chi connectivity index (χ4n) is 5.48. The second-order valence-corrected chi connectivity index (χ2v) is 9.96. The van der Waals surface area contributed by atoms with Gasteiger partial charge in [0.2, 0.25) is 0 Å². The Labute approximate surface area is 203 Å². The first-order valence-electron chi connectivity index (χ1n) is 12.0. The molecule has 2 fully saturated rings. The number of fused-ring (bicyclic) bond motifs is 3. The minimum Gasteiger partial charge on any atom is -0.380 e. The lowest BCUT2D eigenvalue weighted by Gasteiger charge is -2.32. The van der Waals surface area contributed by atoms with Gasteiger partial charge in [-0.2, -0.15) is 0 Å². The van der Waals surface area contributed by atoms with Crippen LogP contribution in [0.3, 0.4) is 0 Å². The van der Waals surface area contributed by atoms with E-state index in [1.165, 1.54) is 11.6 Å². The number of ether oxygens (including phenoxy) is 1. The van der Waals surface area contributed by atoms with Crippen molar-refractivity contribution in [2.24, 2.45) is 0 Å². The number of nitrogens with zero attached hydrogens (tertiary/aromatic N) is 6. The molecule has 1 aromatic carbocycles. The van der Waals surface area contributed by atoms with E-state index in [9.17, 15) is 4.39 Å². The molecule has 178 valence electrons. The number of piperidine rings is 1. The van der Waals surface area contributed by atoms with Crippen molar-refractivity contribution >= 4 is 17.4 Å². The van der Waals surface area contributed by atoms with Crippen LogP contribution in [0.2, 0.25) is 5.02 Å². The van der Waals surface area contributed by atoms with Gasteiger partial charge in [0.1, 0.15) is 5.82 Å². The predicted molar refractivity (Wildman–Crippen MR) is 128 cm³/mol. The van der Waals surface area contributed by atoms with Crippen molar-refractivity contribution in [3.63, 3.8) is 0 Å². The van der Waals surface area contributed by atoms with Crippen LogP contribution >= 0.6 is 11.6 Å². The third kappa shape index (κ3) is 3.97. The highest BCUT2D eigenvalue weighted by molar-refractivity contribution is 6.30. The predicted octanol–water partition coefficient (Wildman–Crippen LogP) is 4.25. The Hall–Kier alpha value is -2.55. The molecule has 0 saturated carbocycles. The van der Waals surface area contributed by atoms with E-state index in [-0.39, 0.29) is 11.7 Å². The van der Waals surface area contributed by atoms with Gasteiger partial charge in [0, 0.05) is 48.9 Å². The highest BCUT2D eigenvalue weighted by Crippen LogP contribution is 2.35. The summed E-state index contributed by atoms with van der Waals surface area (Å²) in [4.78, 5) is 8.93. The molecule has 5 heterocycles. The maximum atomic E-state index is 14.4. The van der Waals surface area contributed by atoms with Crippen LogP contribution in [-0.2, 0) is 17.8 Å². The molecule has 0 aliphatic carbocycles. The molecule has 3 aliphatic heterocycles. The van der Waals surface area contributed by atoms with E-state index in [4.69, 9.17) is 16.3 Å². The molecule has 7 nitrogen and oxygen atoms in total. The van der Waals surface area contributed by atoms with Gasteiger partial charge in [-0.05, 0) is 62.1 Å². The molecule has 3 aromatic rings. The first-order valence-corrected chi connectivity index (χ1v) is 12.4. The second kappa shape index (κ2) is 8.91. The lowest BCUT2D eigenvalue weighted by molar-refractivity contribution is 0.133. The molecular weight excluding hydrogens is 455 g/mol. The largest absolute Gasteiger partial charge is 0.380 e. The van der Waals surface area contributed by atoms with Crippen LogP contribution in [0.4, 0.5) is 10.2 Å². The van der Waals surface area contributed by atoms with Crippen molar-refractivity contribution in [2.45, 2.75) is 51.2 Å². The summed E-state index contributed by atoms with van der Waals surface area (Å²) in [5.74, 6) is 2.38. The standard InChI is InChI=1S/C25H28ClFN6O/c1-16-2-4-21(27)25(28-16)31-9-6-17(7-10-31)24-30-29-23-14-32(20-8-11-34-15-20)13-18-12-19(26)3-5-22(18)33(23)24/h2-5,12,17,20H,6-11,13-15H2,1H3/t20-/m0/s1. The van der Waals surface area contributed by atoms with Crippen molar-refractivity contribution in [3.05, 3.63) is 64.1 Å². The third-order valence-corrected chi connectivity index (χ3v) is 7.54. The fraction of sp³-hybridized carbons (Fsp3) is 0.480. The average Bonchev–Trinajstić information content (AvgIpc) is 3.49. The van der Waals surface area contributed by atoms with Crippen molar-refractivity contribution < 1.29 is 9.13 Å². The van der Waals surface area contributed by atoms with Crippen molar-refractivity contribution in [1.29, 1.82) is 0 Å². The zero-order chi connectivity index (χ0) is 23.2. The van der Waals surface area contributed by atoms with Crippen LogP contribution < -0.4 is 4.90 Å². The maximum Gasteiger partial charge on any atom is 0.165 e. The third-order valence-electron chi connectivity index (χ3n) is 7.30. The summed E-state index contributed by atoms with van der Waals surface area (Å²) in [6.07, 6.45) is 2.77. The number of rotatable bonds is 3. The molecule has 0 spiro atoms. The van der Waals surface area contributed by atoms with Crippen molar-refractivity contribution in [3.8, 4) is 5.69 Å². The van der Waals surface area contributed by atoms with Crippen LogP contribution in [-0.4, -0.2) is 57.0 Å². The monoisotopic (exact) mass is 482 g/mol. The number of pyridine rings is 1. The van der Waals surface area contributed by atoms with Crippen molar-refractivity contribution in [1.82, 2.24) is 24.6 Å². The van der Waals surface area contributed by atoms with Crippen LogP contribution in [0, 0.1) is 12.7 Å². The molecule has 2 saturated heterocycles. The van der Waals surface area contributed by atoms with Gasteiger partial charge >= 0.3 is 0 Å². The van der Waals surface area contributed by atoms with Gasteiger partial charge in [0.25, 0.3) is 0 Å². The molecule has 9 heteroatoms. The summed E-state index contributed by atoms with van der Waals surface area (Å²) in [6.45, 7) is 6.45. The highest BCUT2D eigenvalue weighted by atomic mass is 35.5. The Balaban J connectivity index is 1.30. The Kier molecular flexibility index (Phi) is 5.75. The van der Waals surface area contributed by atoms with Gasteiger partial charge in [0.05, 0.1) is 18.8 Å². The topological polar surface area (TPSA) is 59.3 Å². The van der Waals surface area contributed by atoms with Crippen LogP contribution in [0.15, 0.2) is 30.3 Å².